The van der Waals surface area contributed by atoms with Gasteiger partial charge in [-0.15, -0.1) is 0 Å². The van der Waals surface area contributed by atoms with Gasteiger partial charge in [0.15, 0.2) is 0 Å². The average molecular weight is 188 g/mol. The molecule has 0 atom stereocenters. The van der Waals surface area contributed by atoms with Crippen LogP contribution in [-0.4, -0.2) is 9.38 Å². The van der Waals surface area contributed by atoms with E-state index in [1.807, 2.05) is 13.1 Å². The average Bonchev–Trinajstić information content (AvgIpc) is 2.46. The Morgan fingerprint density at radius 2 is 2.00 bits per heavy atom. The molecule has 14 heavy (non-hydrogen) atoms. The molecule has 0 bridgehead atoms. The Labute approximate surface area is 84.6 Å². The summed E-state index contributed by atoms with van der Waals surface area (Å²) < 4.78 is 2.14. The van der Waals surface area contributed by atoms with Crippen LogP contribution in [0.4, 0.5) is 0 Å². The summed E-state index contributed by atoms with van der Waals surface area (Å²) in [6, 6.07) is 4.26. The van der Waals surface area contributed by atoms with Crippen LogP contribution in [-0.2, 0) is 5.41 Å². The van der Waals surface area contributed by atoms with Crippen molar-refractivity contribution in [2.45, 2.75) is 33.1 Å². The Balaban J connectivity index is 2.79. The number of rotatable bonds is 0. The number of hydrogen-bond donors (Lipinski definition) is 0. The number of nitrogens with zero attached hydrogens (tertiary/aromatic N) is 2. The first-order chi connectivity index (χ1) is 6.50. The van der Waals surface area contributed by atoms with Crippen molar-refractivity contribution in [3.8, 4) is 0 Å². The van der Waals surface area contributed by atoms with Crippen LogP contribution in [0.5, 0.6) is 0 Å². The maximum absolute atomic E-state index is 4.33. The minimum Gasteiger partial charge on any atom is -0.304 e. The molecule has 2 heteroatoms. The van der Waals surface area contributed by atoms with Crippen LogP contribution in [0.25, 0.3) is 5.52 Å². The SMILES string of the molecule is Cc1ncc2c(C(C)(C)C)cccn12. The van der Waals surface area contributed by atoms with Crippen LogP contribution in [0.3, 0.4) is 0 Å². The first-order valence-electron chi connectivity index (χ1n) is 4.93. The van der Waals surface area contributed by atoms with Crippen molar-refractivity contribution >= 4 is 5.52 Å². The van der Waals surface area contributed by atoms with Crippen molar-refractivity contribution in [2.75, 3.05) is 0 Å². The van der Waals surface area contributed by atoms with E-state index in [0.717, 1.165) is 5.82 Å². The lowest BCUT2D eigenvalue weighted by atomic mass is 9.87. The molecule has 0 saturated carbocycles. The normalized spacial score (nSPS) is 12.3. The van der Waals surface area contributed by atoms with Gasteiger partial charge in [0.1, 0.15) is 5.82 Å². The molecule has 2 aromatic heterocycles. The number of hydrogen-bond acceptors (Lipinski definition) is 1. The number of aromatic nitrogens is 2. The Morgan fingerprint density at radius 3 is 2.64 bits per heavy atom. The Kier molecular flexibility index (Phi) is 1.88. The highest BCUT2D eigenvalue weighted by atomic mass is 15.0. The molecule has 0 N–H and O–H groups in total. The van der Waals surface area contributed by atoms with Gasteiger partial charge in [-0.1, -0.05) is 26.8 Å². The van der Waals surface area contributed by atoms with E-state index in [9.17, 15) is 0 Å². The highest BCUT2D eigenvalue weighted by Gasteiger charge is 2.17. The van der Waals surface area contributed by atoms with Crippen LogP contribution in [0.2, 0.25) is 0 Å². The summed E-state index contributed by atoms with van der Waals surface area (Å²) in [5.74, 6) is 1.05. The van der Waals surface area contributed by atoms with Gasteiger partial charge in [0, 0.05) is 6.20 Å². The monoisotopic (exact) mass is 188 g/mol. The van der Waals surface area contributed by atoms with Gasteiger partial charge in [-0.2, -0.15) is 0 Å². The van der Waals surface area contributed by atoms with Crippen LogP contribution in [0.15, 0.2) is 24.5 Å². The second-order valence-electron chi connectivity index (χ2n) is 4.73. The number of pyridine rings is 1. The van der Waals surface area contributed by atoms with Crippen molar-refractivity contribution in [3.05, 3.63) is 35.9 Å². The van der Waals surface area contributed by atoms with Gasteiger partial charge in [-0.05, 0) is 24.0 Å². The van der Waals surface area contributed by atoms with Crippen LogP contribution in [0, 0.1) is 6.92 Å². The van der Waals surface area contributed by atoms with Crippen molar-refractivity contribution in [1.29, 1.82) is 0 Å². The Hall–Kier alpha value is -1.31. The van der Waals surface area contributed by atoms with Gasteiger partial charge >= 0.3 is 0 Å². The molecule has 2 heterocycles. The van der Waals surface area contributed by atoms with E-state index in [1.165, 1.54) is 11.1 Å². The first-order valence-corrected chi connectivity index (χ1v) is 4.93. The summed E-state index contributed by atoms with van der Waals surface area (Å²) in [6.45, 7) is 8.71. The van der Waals surface area contributed by atoms with Crippen molar-refractivity contribution in [3.63, 3.8) is 0 Å². The van der Waals surface area contributed by atoms with E-state index in [2.05, 4.69) is 48.5 Å². The van der Waals surface area contributed by atoms with Crippen LogP contribution >= 0.6 is 0 Å². The summed E-state index contributed by atoms with van der Waals surface area (Å²) in [5, 5.41) is 0. The van der Waals surface area contributed by atoms with Gasteiger partial charge in [0.25, 0.3) is 0 Å². The van der Waals surface area contributed by atoms with E-state index in [1.54, 1.807) is 0 Å². The molecule has 0 aliphatic carbocycles. The topological polar surface area (TPSA) is 17.3 Å². The van der Waals surface area contributed by atoms with Gasteiger partial charge in [0.05, 0.1) is 11.7 Å². The third-order valence-electron chi connectivity index (χ3n) is 2.56. The fourth-order valence-corrected chi connectivity index (χ4v) is 1.79. The lowest BCUT2D eigenvalue weighted by Crippen LogP contribution is -2.12. The van der Waals surface area contributed by atoms with Crippen molar-refractivity contribution in [2.24, 2.45) is 0 Å². The molecule has 0 aromatic carbocycles. The molecule has 0 spiro atoms. The molecule has 0 radical (unpaired) electrons. The maximum Gasteiger partial charge on any atom is 0.110 e. The number of fused-ring (bicyclic) bond motifs is 1. The summed E-state index contributed by atoms with van der Waals surface area (Å²) in [6.07, 6.45) is 4.02. The molecule has 0 amide bonds. The number of aryl methyl sites for hydroxylation is 1. The van der Waals surface area contributed by atoms with Gasteiger partial charge in [-0.25, -0.2) is 4.98 Å². The zero-order valence-corrected chi connectivity index (χ0v) is 9.20. The standard InChI is InChI=1S/C12H16N2/c1-9-13-8-11-10(12(2,3)4)6-5-7-14(9)11/h5-8H,1-4H3. The summed E-state index contributed by atoms with van der Waals surface area (Å²) in [4.78, 5) is 4.33. The summed E-state index contributed by atoms with van der Waals surface area (Å²) in [5.41, 5.74) is 2.74. The molecule has 0 aliphatic heterocycles. The number of imidazole rings is 1. The van der Waals surface area contributed by atoms with Gasteiger partial charge in [0.2, 0.25) is 0 Å². The lowest BCUT2D eigenvalue weighted by molar-refractivity contribution is 0.593. The minimum atomic E-state index is 0.176. The summed E-state index contributed by atoms with van der Waals surface area (Å²) in [7, 11) is 0. The molecule has 2 nitrogen and oxygen atoms in total. The van der Waals surface area contributed by atoms with E-state index in [4.69, 9.17) is 0 Å². The van der Waals surface area contributed by atoms with Gasteiger partial charge in [-0.3, -0.25) is 0 Å². The Bertz CT molecular complexity index is 461. The zero-order valence-electron chi connectivity index (χ0n) is 9.20. The second kappa shape index (κ2) is 2.84. The lowest BCUT2D eigenvalue weighted by Gasteiger charge is -2.20. The second-order valence-corrected chi connectivity index (χ2v) is 4.73. The smallest absolute Gasteiger partial charge is 0.110 e. The van der Waals surface area contributed by atoms with Crippen molar-refractivity contribution in [1.82, 2.24) is 9.38 Å². The molecule has 2 aromatic rings. The highest BCUT2D eigenvalue weighted by Crippen LogP contribution is 2.26. The fraction of sp³-hybridized carbons (Fsp3) is 0.417. The van der Waals surface area contributed by atoms with Crippen LogP contribution in [0.1, 0.15) is 32.2 Å². The van der Waals surface area contributed by atoms with Crippen molar-refractivity contribution < 1.29 is 0 Å². The molecule has 74 valence electrons. The molecule has 0 fully saturated rings. The maximum atomic E-state index is 4.33. The van der Waals surface area contributed by atoms with E-state index in [-0.39, 0.29) is 5.41 Å². The molecule has 0 unspecified atom stereocenters. The largest absolute Gasteiger partial charge is 0.304 e. The highest BCUT2D eigenvalue weighted by molar-refractivity contribution is 5.56. The summed E-state index contributed by atoms with van der Waals surface area (Å²) >= 11 is 0. The fourth-order valence-electron chi connectivity index (χ4n) is 1.79. The first kappa shape index (κ1) is 9.25. The van der Waals surface area contributed by atoms with E-state index < -0.39 is 0 Å². The third-order valence-corrected chi connectivity index (χ3v) is 2.56. The molecular weight excluding hydrogens is 172 g/mol. The minimum absolute atomic E-state index is 0.176. The predicted octanol–water partition coefficient (Wildman–Crippen LogP) is 2.94. The Morgan fingerprint density at radius 1 is 1.29 bits per heavy atom. The van der Waals surface area contributed by atoms with Gasteiger partial charge < -0.3 is 4.40 Å². The molecular formula is C12H16N2. The zero-order chi connectivity index (χ0) is 10.3. The molecule has 0 aliphatic rings. The van der Waals surface area contributed by atoms with E-state index in [0.29, 0.717) is 0 Å². The third kappa shape index (κ3) is 1.31. The molecule has 0 saturated heterocycles. The predicted molar refractivity (Wildman–Crippen MR) is 58.6 cm³/mol. The molecule has 2 rings (SSSR count). The quantitative estimate of drug-likeness (QED) is 0.621. The van der Waals surface area contributed by atoms with Crippen LogP contribution < -0.4 is 0 Å². The van der Waals surface area contributed by atoms with E-state index >= 15 is 0 Å².